The lowest BCUT2D eigenvalue weighted by molar-refractivity contribution is 0.394. The van der Waals surface area contributed by atoms with E-state index in [1.807, 2.05) is 47.5 Å². The zero-order valence-corrected chi connectivity index (χ0v) is 17.7. The van der Waals surface area contributed by atoms with Gasteiger partial charge in [-0.2, -0.15) is 5.10 Å². The molecule has 29 heavy (non-hydrogen) atoms. The molecule has 1 atom stereocenters. The van der Waals surface area contributed by atoms with Crippen LogP contribution in [0.1, 0.15) is 23.9 Å². The maximum atomic E-state index is 11.9. The van der Waals surface area contributed by atoms with Crippen LogP contribution in [0.5, 0.6) is 11.5 Å². The first kappa shape index (κ1) is 19.5. The number of benzene rings is 1. The van der Waals surface area contributed by atoms with E-state index in [4.69, 9.17) is 9.47 Å². The molecule has 9 heteroatoms. The van der Waals surface area contributed by atoms with Gasteiger partial charge in [0.15, 0.2) is 9.84 Å². The van der Waals surface area contributed by atoms with Gasteiger partial charge in [-0.1, -0.05) is 0 Å². The van der Waals surface area contributed by atoms with E-state index >= 15 is 0 Å². The van der Waals surface area contributed by atoms with Crippen molar-refractivity contribution in [3.05, 3.63) is 42.0 Å². The number of aryl methyl sites for hydroxylation is 1. The molecular weight excluding hydrogens is 392 g/mol. The molecule has 0 spiro atoms. The minimum absolute atomic E-state index is 0.128. The Bertz CT molecular complexity index is 1140. The lowest BCUT2D eigenvalue weighted by Crippen LogP contribution is -2.14. The van der Waals surface area contributed by atoms with Crippen molar-refractivity contribution in [1.29, 1.82) is 0 Å². The monoisotopic (exact) mass is 416 g/mol. The fourth-order valence-electron chi connectivity index (χ4n) is 3.96. The van der Waals surface area contributed by atoms with Crippen LogP contribution in [0.2, 0.25) is 0 Å². The number of aromatic nitrogens is 4. The molecule has 0 N–H and O–H groups in total. The van der Waals surface area contributed by atoms with Gasteiger partial charge >= 0.3 is 0 Å². The summed E-state index contributed by atoms with van der Waals surface area (Å²) >= 11 is 0. The SMILES string of the molecule is COc1cc(OC)cc(-c2nccn2-c2c(C)nn(C3CCS(=O)(=O)C3)c2C)c1. The average molecular weight is 417 g/mol. The van der Waals surface area contributed by atoms with Gasteiger partial charge in [0.1, 0.15) is 17.3 Å². The number of nitrogens with zero attached hydrogens (tertiary/aromatic N) is 4. The minimum Gasteiger partial charge on any atom is -0.497 e. The molecule has 3 aromatic rings. The number of imidazole rings is 1. The van der Waals surface area contributed by atoms with Crippen LogP contribution in [-0.4, -0.2) is 53.5 Å². The van der Waals surface area contributed by atoms with Gasteiger partial charge in [0.2, 0.25) is 0 Å². The van der Waals surface area contributed by atoms with Crippen LogP contribution in [-0.2, 0) is 9.84 Å². The molecule has 154 valence electrons. The van der Waals surface area contributed by atoms with E-state index in [0.29, 0.717) is 17.9 Å². The van der Waals surface area contributed by atoms with Crippen molar-refractivity contribution in [2.45, 2.75) is 26.3 Å². The fourth-order valence-corrected chi connectivity index (χ4v) is 5.65. The highest BCUT2D eigenvalue weighted by Crippen LogP contribution is 2.33. The van der Waals surface area contributed by atoms with Crippen LogP contribution in [0.15, 0.2) is 30.6 Å². The largest absolute Gasteiger partial charge is 0.497 e. The quantitative estimate of drug-likeness (QED) is 0.635. The number of rotatable bonds is 5. The zero-order valence-electron chi connectivity index (χ0n) is 16.9. The average Bonchev–Trinajstić information content (AvgIpc) is 3.38. The normalized spacial score (nSPS) is 18.1. The maximum Gasteiger partial charge on any atom is 0.152 e. The van der Waals surface area contributed by atoms with E-state index in [1.165, 1.54) is 0 Å². The van der Waals surface area contributed by atoms with Crippen LogP contribution in [0.25, 0.3) is 17.1 Å². The highest BCUT2D eigenvalue weighted by molar-refractivity contribution is 7.91. The number of hydrogen-bond donors (Lipinski definition) is 0. The number of ether oxygens (including phenoxy) is 2. The molecule has 1 saturated heterocycles. The van der Waals surface area contributed by atoms with Crippen molar-refractivity contribution in [2.24, 2.45) is 0 Å². The van der Waals surface area contributed by atoms with Crippen LogP contribution in [0.3, 0.4) is 0 Å². The molecular formula is C20H24N4O4S. The van der Waals surface area contributed by atoms with E-state index in [1.54, 1.807) is 20.4 Å². The molecule has 0 saturated carbocycles. The molecule has 1 unspecified atom stereocenters. The third kappa shape index (κ3) is 3.50. The van der Waals surface area contributed by atoms with E-state index in [9.17, 15) is 8.42 Å². The number of sulfone groups is 1. The first-order valence-electron chi connectivity index (χ1n) is 9.36. The standard InChI is InChI=1S/C20H24N4O4S/c1-13-19(14(2)24(22-13)16-5-8-29(25,26)12-16)23-7-6-21-20(23)15-9-17(27-3)11-18(10-15)28-4/h6-7,9-11,16H,5,8,12H2,1-4H3. The third-order valence-corrected chi connectivity index (χ3v) is 7.08. The van der Waals surface area contributed by atoms with Crippen LogP contribution in [0, 0.1) is 13.8 Å². The topological polar surface area (TPSA) is 88.2 Å². The Balaban J connectivity index is 1.80. The summed E-state index contributed by atoms with van der Waals surface area (Å²) in [5, 5.41) is 4.67. The van der Waals surface area contributed by atoms with E-state index < -0.39 is 9.84 Å². The zero-order chi connectivity index (χ0) is 20.8. The second kappa shape index (κ2) is 7.22. The van der Waals surface area contributed by atoms with Crippen molar-refractivity contribution in [2.75, 3.05) is 25.7 Å². The number of methoxy groups -OCH3 is 2. The Morgan fingerprint density at radius 3 is 2.38 bits per heavy atom. The number of hydrogen-bond acceptors (Lipinski definition) is 6. The predicted octanol–water partition coefficient (Wildman–Crippen LogP) is 2.73. The molecule has 0 amide bonds. The van der Waals surface area contributed by atoms with Gasteiger partial charge in [0.05, 0.1) is 48.8 Å². The summed E-state index contributed by atoms with van der Waals surface area (Å²) in [4.78, 5) is 4.54. The van der Waals surface area contributed by atoms with Crippen molar-refractivity contribution >= 4 is 9.84 Å². The Morgan fingerprint density at radius 1 is 1.10 bits per heavy atom. The second-order valence-corrected chi connectivity index (χ2v) is 9.47. The summed E-state index contributed by atoms with van der Waals surface area (Å²) < 4.78 is 38.5. The van der Waals surface area contributed by atoms with Gasteiger partial charge in [-0.15, -0.1) is 0 Å². The predicted molar refractivity (Wildman–Crippen MR) is 110 cm³/mol. The molecule has 3 heterocycles. The molecule has 1 aromatic carbocycles. The van der Waals surface area contributed by atoms with Crippen molar-refractivity contribution in [3.63, 3.8) is 0 Å². The van der Waals surface area contributed by atoms with Gasteiger partial charge in [-0.05, 0) is 32.4 Å². The lowest BCUT2D eigenvalue weighted by Gasteiger charge is -2.13. The Morgan fingerprint density at radius 2 is 1.79 bits per heavy atom. The first-order valence-corrected chi connectivity index (χ1v) is 11.2. The summed E-state index contributed by atoms with van der Waals surface area (Å²) in [7, 11) is 0.228. The Labute approximate surface area is 170 Å². The van der Waals surface area contributed by atoms with Crippen LogP contribution >= 0.6 is 0 Å². The highest BCUT2D eigenvalue weighted by Gasteiger charge is 2.32. The minimum atomic E-state index is -2.99. The van der Waals surface area contributed by atoms with Gasteiger partial charge in [0, 0.05) is 24.0 Å². The summed E-state index contributed by atoms with van der Waals surface area (Å²) in [6.45, 7) is 3.90. The summed E-state index contributed by atoms with van der Waals surface area (Å²) in [6, 6.07) is 5.49. The maximum absolute atomic E-state index is 11.9. The molecule has 0 aliphatic carbocycles. The molecule has 8 nitrogen and oxygen atoms in total. The van der Waals surface area contributed by atoms with Crippen molar-refractivity contribution in [1.82, 2.24) is 19.3 Å². The summed E-state index contributed by atoms with van der Waals surface area (Å²) in [6.07, 6.45) is 4.21. The summed E-state index contributed by atoms with van der Waals surface area (Å²) in [5.41, 5.74) is 3.49. The van der Waals surface area contributed by atoms with Gasteiger partial charge < -0.3 is 9.47 Å². The Kier molecular flexibility index (Phi) is 4.85. The molecule has 0 bridgehead atoms. The molecule has 1 aliphatic rings. The highest BCUT2D eigenvalue weighted by atomic mass is 32.2. The van der Waals surface area contributed by atoms with Crippen molar-refractivity contribution < 1.29 is 17.9 Å². The van der Waals surface area contributed by atoms with E-state index in [-0.39, 0.29) is 17.5 Å². The molecule has 1 aliphatic heterocycles. The molecule has 1 fully saturated rings. The fraction of sp³-hybridized carbons (Fsp3) is 0.400. The van der Waals surface area contributed by atoms with Gasteiger partial charge in [-0.25, -0.2) is 13.4 Å². The molecule has 0 radical (unpaired) electrons. The van der Waals surface area contributed by atoms with Crippen molar-refractivity contribution in [3.8, 4) is 28.6 Å². The van der Waals surface area contributed by atoms with Crippen LogP contribution < -0.4 is 9.47 Å². The molecule has 2 aromatic heterocycles. The Hall–Kier alpha value is -2.81. The lowest BCUT2D eigenvalue weighted by atomic mass is 10.1. The van der Waals surface area contributed by atoms with Gasteiger partial charge in [-0.3, -0.25) is 9.25 Å². The molecule has 4 rings (SSSR count). The smallest absolute Gasteiger partial charge is 0.152 e. The second-order valence-electron chi connectivity index (χ2n) is 7.24. The summed E-state index contributed by atoms with van der Waals surface area (Å²) in [5.74, 6) is 2.43. The first-order chi connectivity index (χ1) is 13.8. The van der Waals surface area contributed by atoms with E-state index in [0.717, 1.165) is 28.5 Å². The third-order valence-electron chi connectivity index (χ3n) is 5.33. The van der Waals surface area contributed by atoms with Crippen LogP contribution in [0.4, 0.5) is 0 Å². The van der Waals surface area contributed by atoms with Gasteiger partial charge in [0.25, 0.3) is 0 Å². The van der Waals surface area contributed by atoms with E-state index in [2.05, 4.69) is 10.1 Å².